The third-order valence-electron chi connectivity index (χ3n) is 4.88. The first-order valence-corrected chi connectivity index (χ1v) is 8.32. The molecule has 2 unspecified atom stereocenters. The van der Waals surface area contributed by atoms with Crippen LogP contribution in [-0.4, -0.2) is 40.1 Å². The molecule has 1 aliphatic heterocycles. The molecule has 2 aliphatic rings. The molecule has 1 aliphatic carbocycles. The molecule has 0 aromatic carbocycles. The maximum Gasteiger partial charge on any atom is 0.122 e. The van der Waals surface area contributed by atoms with E-state index in [2.05, 4.69) is 32.9 Å². The van der Waals surface area contributed by atoms with Gasteiger partial charge in [-0.25, -0.2) is 4.98 Å². The van der Waals surface area contributed by atoms with E-state index >= 15 is 0 Å². The molecule has 2 atom stereocenters. The van der Waals surface area contributed by atoms with Gasteiger partial charge in [-0.2, -0.15) is 0 Å². The molecule has 4 heteroatoms. The second kappa shape index (κ2) is 6.72. The van der Waals surface area contributed by atoms with Crippen molar-refractivity contribution < 1.29 is 0 Å². The zero-order valence-electron chi connectivity index (χ0n) is 12.7. The van der Waals surface area contributed by atoms with E-state index in [-0.39, 0.29) is 0 Å². The first-order valence-electron chi connectivity index (χ1n) is 8.32. The van der Waals surface area contributed by atoms with Gasteiger partial charge in [0.2, 0.25) is 0 Å². The Morgan fingerprint density at radius 1 is 1.30 bits per heavy atom. The number of fused-ring (bicyclic) bond motifs is 1. The predicted octanol–water partition coefficient (Wildman–Crippen LogP) is 2.26. The van der Waals surface area contributed by atoms with Crippen molar-refractivity contribution in [2.45, 2.75) is 58.2 Å². The fourth-order valence-corrected chi connectivity index (χ4v) is 3.74. The quantitative estimate of drug-likeness (QED) is 0.895. The molecule has 20 heavy (non-hydrogen) atoms. The molecule has 1 aromatic rings. The minimum Gasteiger partial charge on any atom is -0.333 e. The molecule has 2 heterocycles. The number of rotatable bonds is 5. The Morgan fingerprint density at radius 2 is 2.20 bits per heavy atom. The van der Waals surface area contributed by atoms with E-state index in [1.54, 1.807) is 0 Å². The van der Waals surface area contributed by atoms with Crippen molar-refractivity contribution in [3.8, 4) is 0 Å². The molecule has 0 radical (unpaired) electrons. The molecule has 0 saturated heterocycles. The molecule has 3 rings (SSSR count). The molecule has 1 aromatic heterocycles. The maximum atomic E-state index is 4.47. The fraction of sp³-hybridized carbons (Fsp3) is 0.812. The molecular formula is C16H28N4. The smallest absolute Gasteiger partial charge is 0.122 e. The number of nitrogens with zero attached hydrogens (tertiary/aromatic N) is 3. The van der Waals surface area contributed by atoms with Crippen LogP contribution in [0.3, 0.4) is 0 Å². The van der Waals surface area contributed by atoms with Crippen LogP contribution in [0, 0.1) is 5.92 Å². The summed E-state index contributed by atoms with van der Waals surface area (Å²) in [6.45, 7) is 7.99. The molecule has 1 N–H and O–H groups in total. The minimum atomic E-state index is 0.741. The highest BCUT2D eigenvalue weighted by molar-refractivity contribution is 4.96. The van der Waals surface area contributed by atoms with Crippen LogP contribution >= 0.6 is 0 Å². The van der Waals surface area contributed by atoms with Crippen molar-refractivity contribution in [2.24, 2.45) is 5.92 Å². The average Bonchev–Trinajstić information content (AvgIpc) is 2.94. The average molecular weight is 276 g/mol. The van der Waals surface area contributed by atoms with E-state index in [0.29, 0.717) is 0 Å². The number of imidazole rings is 1. The van der Waals surface area contributed by atoms with Crippen LogP contribution in [0.4, 0.5) is 0 Å². The van der Waals surface area contributed by atoms with Crippen molar-refractivity contribution in [2.75, 3.05) is 19.6 Å². The number of aromatic nitrogens is 2. The van der Waals surface area contributed by atoms with Crippen molar-refractivity contribution in [3.05, 3.63) is 18.2 Å². The molecule has 4 nitrogen and oxygen atoms in total. The summed E-state index contributed by atoms with van der Waals surface area (Å²) in [7, 11) is 0. The zero-order chi connectivity index (χ0) is 13.8. The second-order valence-corrected chi connectivity index (χ2v) is 6.38. The van der Waals surface area contributed by atoms with Crippen LogP contribution in [0.15, 0.2) is 12.4 Å². The SMILES string of the molecule is CCCNC1CCCCC1CN1CCn2ccnc2C1. The van der Waals surface area contributed by atoms with Gasteiger partial charge >= 0.3 is 0 Å². The van der Waals surface area contributed by atoms with E-state index in [0.717, 1.165) is 25.0 Å². The number of hydrogen-bond acceptors (Lipinski definition) is 3. The molecule has 0 spiro atoms. The van der Waals surface area contributed by atoms with Gasteiger partial charge in [-0.05, 0) is 31.7 Å². The fourth-order valence-electron chi connectivity index (χ4n) is 3.74. The van der Waals surface area contributed by atoms with Gasteiger partial charge in [0.05, 0.1) is 6.54 Å². The summed E-state index contributed by atoms with van der Waals surface area (Å²) >= 11 is 0. The van der Waals surface area contributed by atoms with E-state index in [1.165, 1.54) is 57.6 Å². The van der Waals surface area contributed by atoms with E-state index in [9.17, 15) is 0 Å². The monoisotopic (exact) mass is 276 g/mol. The van der Waals surface area contributed by atoms with Gasteiger partial charge in [0.15, 0.2) is 0 Å². The van der Waals surface area contributed by atoms with E-state index in [1.807, 2.05) is 6.20 Å². The minimum absolute atomic E-state index is 0.741. The van der Waals surface area contributed by atoms with Crippen LogP contribution in [0.5, 0.6) is 0 Å². The normalized spacial score (nSPS) is 27.4. The van der Waals surface area contributed by atoms with Crippen LogP contribution < -0.4 is 5.32 Å². The summed E-state index contributed by atoms with van der Waals surface area (Å²) < 4.78 is 2.30. The first kappa shape index (κ1) is 14.1. The van der Waals surface area contributed by atoms with Crippen LogP contribution in [0.25, 0.3) is 0 Å². The van der Waals surface area contributed by atoms with Crippen molar-refractivity contribution >= 4 is 0 Å². The lowest BCUT2D eigenvalue weighted by atomic mass is 9.84. The molecule has 0 amide bonds. The topological polar surface area (TPSA) is 33.1 Å². The van der Waals surface area contributed by atoms with E-state index < -0.39 is 0 Å². The van der Waals surface area contributed by atoms with Gasteiger partial charge in [-0.3, -0.25) is 4.90 Å². The summed E-state index contributed by atoms with van der Waals surface area (Å²) in [4.78, 5) is 7.08. The Labute approximate surface area is 122 Å². The van der Waals surface area contributed by atoms with Gasteiger partial charge in [0, 0.05) is 38.1 Å². The third kappa shape index (κ3) is 3.23. The highest BCUT2D eigenvalue weighted by atomic mass is 15.2. The Balaban J connectivity index is 1.56. The molecule has 1 saturated carbocycles. The Bertz CT molecular complexity index is 414. The lowest BCUT2D eigenvalue weighted by molar-refractivity contribution is 0.141. The summed E-state index contributed by atoms with van der Waals surface area (Å²) in [5, 5.41) is 3.78. The van der Waals surface area contributed by atoms with Gasteiger partial charge in [-0.1, -0.05) is 19.8 Å². The van der Waals surface area contributed by atoms with Gasteiger partial charge in [0.25, 0.3) is 0 Å². The van der Waals surface area contributed by atoms with Crippen LogP contribution in [0.1, 0.15) is 44.9 Å². The summed E-state index contributed by atoms with van der Waals surface area (Å²) in [5.74, 6) is 2.07. The van der Waals surface area contributed by atoms with Crippen molar-refractivity contribution in [1.29, 1.82) is 0 Å². The molecule has 1 fully saturated rings. The molecule has 0 bridgehead atoms. The standard InChI is InChI=1S/C16H28N4/c1-2-7-17-15-6-4-3-5-14(15)12-19-10-11-20-9-8-18-16(20)13-19/h8-9,14-15,17H,2-7,10-13H2,1H3. The Kier molecular flexibility index (Phi) is 4.73. The maximum absolute atomic E-state index is 4.47. The Hall–Kier alpha value is -0.870. The van der Waals surface area contributed by atoms with Crippen molar-refractivity contribution in [3.63, 3.8) is 0 Å². The lowest BCUT2D eigenvalue weighted by Gasteiger charge is -2.37. The number of hydrogen-bond donors (Lipinski definition) is 1. The van der Waals surface area contributed by atoms with Gasteiger partial charge in [0.1, 0.15) is 5.82 Å². The largest absolute Gasteiger partial charge is 0.333 e. The molecular weight excluding hydrogens is 248 g/mol. The summed E-state index contributed by atoms with van der Waals surface area (Å²) in [5.41, 5.74) is 0. The summed E-state index contributed by atoms with van der Waals surface area (Å²) in [6.07, 6.45) is 10.9. The van der Waals surface area contributed by atoms with Gasteiger partial charge in [-0.15, -0.1) is 0 Å². The highest BCUT2D eigenvalue weighted by Gasteiger charge is 2.27. The Morgan fingerprint density at radius 3 is 3.10 bits per heavy atom. The van der Waals surface area contributed by atoms with Crippen LogP contribution in [0.2, 0.25) is 0 Å². The van der Waals surface area contributed by atoms with E-state index in [4.69, 9.17) is 0 Å². The summed E-state index contributed by atoms with van der Waals surface area (Å²) in [6, 6.07) is 0.741. The first-order chi connectivity index (χ1) is 9.86. The second-order valence-electron chi connectivity index (χ2n) is 6.38. The highest BCUT2D eigenvalue weighted by Crippen LogP contribution is 2.26. The third-order valence-corrected chi connectivity index (χ3v) is 4.88. The zero-order valence-corrected chi connectivity index (χ0v) is 12.7. The van der Waals surface area contributed by atoms with Crippen LogP contribution in [-0.2, 0) is 13.1 Å². The number of nitrogens with one attached hydrogen (secondary N) is 1. The lowest BCUT2D eigenvalue weighted by Crippen LogP contribution is -2.46. The van der Waals surface area contributed by atoms with Crippen molar-refractivity contribution in [1.82, 2.24) is 19.8 Å². The van der Waals surface area contributed by atoms with Gasteiger partial charge < -0.3 is 9.88 Å². The molecule has 112 valence electrons. The predicted molar refractivity (Wildman–Crippen MR) is 81.5 cm³/mol.